The van der Waals surface area contributed by atoms with E-state index in [2.05, 4.69) is 5.32 Å². The highest BCUT2D eigenvalue weighted by atomic mass is 35.5. The molecule has 0 saturated carbocycles. The highest BCUT2D eigenvalue weighted by Gasteiger charge is 2.27. The Bertz CT molecular complexity index is 848. The minimum atomic E-state index is -0.615. The topological polar surface area (TPSA) is 49.4 Å². The van der Waals surface area contributed by atoms with Crippen molar-refractivity contribution in [1.29, 1.82) is 0 Å². The van der Waals surface area contributed by atoms with Gasteiger partial charge in [-0.05, 0) is 43.5 Å². The molecule has 2 atom stereocenters. The molecule has 0 aliphatic rings. The number of rotatable bonds is 10. The normalized spacial score (nSPS) is 12.8. The van der Waals surface area contributed by atoms with E-state index < -0.39 is 6.04 Å². The molecular weight excluding hydrogens is 439 g/mol. The maximum absolute atomic E-state index is 13.1. The lowest BCUT2D eigenvalue weighted by molar-refractivity contribution is -0.138. The molecule has 162 valence electrons. The van der Waals surface area contributed by atoms with Crippen LogP contribution in [-0.2, 0) is 21.9 Å². The Hall–Kier alpha value is -1.69. The predicted molar refractivity (Wildman–Crippen MR) is 127 cm³/mol. The van der Waals surface area contributed by atoms with Crippen molar-refractivity contribution in [2.75, 3.05) is 5.75 Å². The van der Waals surface area contributed by atoms with E-state index in [1.807, 2.05) is 44.2 Å². The lowest BCUT2D eigenvalue weighted by Crippen LogP contribution is -2.50. The fourth-order valence-electron chi connectivity index (χ4n) is 2.79. The standard InChI is InChI=1S/C23H28Cl2N2O2S/c1-4-16(2)26-23(29)17(3)27(13-19-10-11-20(24)12-21(19)25)22(28)15-30-14-18-8-6-5-7-9-18/h5-12,16-17H,4,13-15H2,1-3H3,(H,26,29)/t16-,17-/m1/s1. The number of thioether (sulfide) groups is 1. The van der Waals surface area contributed by atoms with Gasteiger partial charge in [0, 0.05) is 28.4 Å². The zero-order valence-electron chi connectivity index (χ0n) is 17.5. The minimum absolute atomic E-state index is 0.0449. The van der Waals surface area contributed by atoms with Gasteiger partial charge in [0.25, 0.3) is 0 Å². The van der Waals surface area contributed by atoms with E-state index in [9.17, 15) is 9.59 Å². The first kappa shape index (κ1) is 24.6. The van der Waals surface area contributed by atoms with E-state index in [0.717, 1.165) is 23.3 Å². The lowest BCUT2D eigenvalue weighted by Gasteiger charge is -2.30. The maximum atomic E-state index is 13.1. The Morgan fingerprint density at radius 1 is 1.10 bits per heavy atom. The third kappa shape index (κ3) is 7.53. The van der Waals surface area contributed by atoms with Crippen molar-refractivity contribution in [3.8, 4) is 0 Å². The van der Waals surface area contributed by atoms with Gasteiger partial charge in [0.1, 0.15) is 6.04 Å². The Morgan fingerprint density at radius 3 is 2.43 bits per heavy atom. The first-order chi connectivity index (χ1) is 14.3. The highest BCUT2D eigenvalue weighted by Crippen LogP contribution is 2.24. The molecule has 2 aromatic carbocycles. The zero-order valence-corrected chi connectivity index (χ0v) is 19.9. The number of nitrogens with one attached hydrogen (secondary N) is 1. The quantitative estimate of drug-likeness (QED) is 0.498. The molecule has 0 aliphatic heterocycles. The van der Waals surface area contributed by atoms with Crippen LogP contribution in [0.5, 0.6) is 0 Å². The van der Waals surface area contributed by atoms with Crippen LogP contribution in [0, 0.1) is 0 Å². The third-order valence-corrected chi connectivity index (χ3v) is 6.44. The van der Waals surface area contributed by atoms with Crippen LogP contribution in [-0.4, -0.2) is 34.6 Å². The molecule has 0 saturated heterocycles. The number of amides is 2. The van der Waals surface area contributed by atoms with Crippen molar-refractivity contribution in [2.45, 2.75) is 51.6 Å². The summed E-state index contributed by atoms with van der Waals surface area (Å²) >= 11 is 13.9. The van der Waals surface area contributed by atoms with Gasteiger partial charge in [-0.15, -0.1) is 11.8 Å². The summed E-state index contributed by atoms with van der Waals surface area (Å²) in [6.45, 7) is 5.95. The average Bonchev–Trinajstić information content (AvgIpc) is 2.73. The summed E-state index contributed by atoms with van der Waals surface area (Å²) in [5, 5.41) is 3.97. The number of carbonyl (C=O) groups is 2. The number of carbonyl (C=O) groups excluding carboxylic acids is 2. The molecular formula is C23H28Cl2N2O2S. The smallest absolute Gasteiger partial charge is 0.242 e. The average molecular weight is 467 g/mol. The monoisotopic (exact) mass is 466 g/mol. The summed E-state index contributed by atoms with van der Waals surface area (Å²) in [5.41, 5.74) is 1.91. The van der Waals surface area contributed by atoms with Crippen molar-refractivity contribution >= 4 is 46.8 Å². The first-order valence-electron chi connectivity index (χ1n) is 9.97. The molecule has 7 heteroatoms. The van der Waals surface area contributed by atoms with Gasteiger partial charge in [0.05, 0.1) is 5.75 Å². The highest BCUT2D eigenvalue weighted by molar-refractivity contribution is 7.99. The van der Waals surface area contributed by atoms with Gasteiger partial charge >= 0.3 is 0 Å². The van der Waals surface area contributed by atoms with Gasteiger partial charge in [-0.25, -0.2) is 0 Å². The molecule has 0 unspecified atom stereocenters. The summed E-state index contributed by atoms with van der Waals surface area (Å²) in [6.07, 6.45) is 0.822. The van der Waals surface area contributed by atoms with Gasteiger partial charge in [0.15, 0.2) is 0 Å². The summed E-state index contributed by atoms with van der Waals surface area (Å²) in [4.78, 5) is 27.4. The fraction of sp³-hybridized carbons (Fsp3) is 0.391. The van der Waals surface area contributed by atoms with Crippen LogP contribution in [0.2, 0.25) is 10.0 Å². The van der Waals surface area contributed by atoms with Crippen LogP contribution in [0.25, 0.3) is 0 Å². The Morgan fingerprint density at radius 2 is 1.80 bits per heavy atom. The number of hydrogen-bond donors (Lipinski definition) is 1. The second-order valence-electron chi connectivity index (χ2n) is 7.23. The Kier molecular flexibility index (Phi) is 10.0. The molecule has 0 aromatic heterocycles. The molecule has 30 heavy (non-hydrogen) atoms. The largest absolute Gasteiger partial charge is 0.352 e. The molecule has 2 amide bonds. The zero-order chi connectivity index (χ0) is 22.1. The SMILES string of the molecule is CC[C@@H](C)NC(=O)[C@@H](C)N(Cc1ccc(Cl)cc1Cl)C(=O)CSCc1ccccc1. The van der Waals surface area contributed by atoms with E-state index in [-0.39, 0.29) is 30.2 Å². The van der Waals surface area contributed by atoms with Crippen LogP contribution in [0.15, 0.2) is 48.5 Å². The molecule has 2 rings (SSSR count). The lowest BCUT2D eigenvalue weighted by atomic mass is 10.1. The van der Waals surface area contributed by atoms with Crippen molar-refractivity contribution in [2.24, 2.45) is 0 Å². The van der Waals surface area contributed by atoms with Gasteiger partial charge in [0.2, 0.25) is 11.8 Å². The second kappa shape index (κ2) is 12.2. The number of halogens is 2. The number of nitrogens with zero attached hydrogens (tertiary/aromatic N) is 1. The van der Waals surface area contributed by atoms with E-state index in [4.69, 9.17) is 23.2 Å². The van der Waals surface area contributed by atoms with Crippen molar-refractivity contribution in [3.63, 3.8) is 0 Å². The maximum Gasteiger partial charge on any atom is 0.242 e. The summed E-state index contributed by atoms with van der Waals surface area (Å²) in [5.74, 6) is 0.737. The first-order valence-corrected chi connectivity index (χ1v) is 11.9. The van der Waals surface area contributed by atoms with Crippen LogP contribution in [0.4, 0.5) is 0 Å². The second-order valence-corrected chi connectivity index (χ2v) is 9.06. The van der Waals surface area contributed by atoms with Crippen molar-refractivity contribution < 1.29 is 9.59 Å². The molecule has 0 radical (unpaired) electrons. The number of hydrogen-bond acceptors (Lipinski definition) is 3. The van der Waals surface area contributed by atoms with Crippen LogP contribution in [0.3, 0.4) is 0 Å². The molecule has 0 fully saturated rings. The number of benzene rings is 2. The molecule has 0 bridgehead atoms. The van der Waals surface area contributed by atoms with Crippen LogP contribution < -0.4 is 5.32 Å². The third-order valence-electron chi connectivity index (χ3n) is 4.86. The molecule has 1 N–H and O–H groups in total. The molecule has 0 heterocycles. The van der Waals surface area contributed by atoms with Gasteiger partial charge in [-0.1, -0.05) is 66.5 Å². The summed E-state index contributed by atoms with van der Waals surface area (Å²) < 4.78 is 0. The van der Waals surface area contributed by atoms with E-state index in [1.165, 1.54) is 11.8 Å². The van der Waals surface area contributed by atoms with Gasteiger partial charge in [-0.2, -0.15) is 0 Å². The van der Waals surface area contributed by atoms with Gasteiger partial charge in [-0.3, -0.25) is 9.59 Å². The van der Waals surface area contributed by atoms with Crippen molar-refractivity contribution in [1.82, 2.24) is 10.2 Å². The molecule has 4 nitrogen and oxygen atoms in total. The van der Waals surface area contributed by atoms with E-state index in [0.29, 0.717) is 10.0 Å². The molecule has 2 aromatic rings. The van der Waals surface area contributed by atoms with Crippen LogP contribution in [0.1, 0.15) is 38.3 Å². The van der Waals surface area contributed by atoms with Crippen LogP contribution >= 0.6 is 35.0 Å². The summed E-state index contributed by atoms with van der Waals surface area (Å²) in [7, 11) is 0. The fourth-order valence-corrected chi connectivity index (χ4v) is 4.13. The molecule has 0 aliphatic carbocycles. The van der Waals surface area contributed by atoms with E-state index in [1.54, 1.807) is 30.0 Å². The van der Waals surface area contributed by atoms with E-state index >= 15 is 0 Å². The summed E-state index contributed by atoms with van der Waals surface area (Å²) in [6, 6.07) is 14.6. The minimum Gasteiger partial charge on any atom is -0.352 e. The van der Waals surface area contributed by atoms with Gasteiger partial charge < -0.3 is 10.2 Å². The Balaban J connectivity index is 2.12. The Labute approximate surface area is 193 Å². The predicted octanol–water partition coefficient (Wildman–Crippen LogP) is 5.56. The van der Waals surface area contributed by atoms with Crippen molar-refractivity contribution in [3.05, 3.63) is 69.7 Å². The molecule has 0 spiro atoms.